The molecule has 7 heteroatoms. The van der Waals surface area contributed by atoms with Crippen molar-refractivity contribution in [2.24, 2.45) is 0 Å². The highest BCUT2D eigenvalue weighted by molar-refractivity contribution is 5.68. The first-order valence-electron chi connectivity index (χ1n) is 7.39. The number of nitrogens with two attached hydrogens (primary N) is 1. The summed E-state index contributed by atoms with van der Waals surface area (Å²) in [5.41, 5.74) is 6.88. The third-order valence-corrected chi connectivity index (χ3v) is 3.49. The normalized spacial score (nSPS) is 11.3. The van der Waals surface area contributed by atoms with E-state index in [-0.39, 0.29) is 6.61 Å². The maximum absolute atomic E-state index is 12.6. The summed E-state index contributed by atoms with van der Waals surface area (Å²) in [6, 6.07) is 11.6. The average molecular weight is 345 g/mol. The van der Waals surface area contributed by atoms with E-state index in [0.29, 0.717) is 28.4 Å². The van der Waals surface area contributed by atoms with Gasteiger partial charge in [0.15, 0.2) is 5.82 Å². The van der Waals surface area contributed by atoms with E-state index >= 15 is 0 Å². The van der Waals surface area contributed by atoms with Crippen molar-refractivity contribution in [3.8, 4) is 17.1 Å². The number of rotatable bonds is 4. The number of hydrogen-bond acceptors (Lipinski definition) is 4. The van der Waals surface area contributed by atoms with Gasteiger partial charge in [0.25, 0.3) is 0 Å². The number of nitrogens with zero attached hydrogens (tertiary/aromatic N) is 2. The molecule has 0 aliphatic carbocycles. The molecule has 4 nitrogen and oxygen atoms in total. The zero-order valence-electron chi connectivity index (χ0n) is 13.0. The Balaban J connectivity index is 1.80. The molecule has 25 heavy (non-hydrogen) atoms. The Morgan fingerprint density at radius 3 is 2.28 bits per heavy atom. The van der Waals surface area contributed by atoms with Crippen LogP contribution in [-0.4, -0.2) is 9.97 Å². The zero-order valence-corrected chi connectivity index (χ0v) is 13.0. The summed E-state index contributed by atoms with van der Waals surface area (Å²) >= 11 is 0. The minimum atomic E-state index is -4.35. The van der Waals surface area contributed by atoms with Crippen LogP contribution >= 0.6 is 0 Å². The standard InChI is InChI=1S/C18H14F3N3O/c19-18(20,21)13-4-2-12(3-5-13)11-25-16-7-6-14(22)10-15(16)17-23-8-1-9-24-17/h1-10H,11,22H2. The third kappa shape index (κ3) is 4.06. The van der Waals surface area contributed by atoms with Gasteiger partial charge in [0, 0.05) is 18.1 Å². The largest absolute Gasteiger partial charge is 0.488 e. The highest BCUT2D eigenvalue weighted by atomic mass is 19.4. The molecule has 0 radical (unpaired) electrons. The second-order valence-corrected chi connectivity index (χ2v) is 5.31. The molecule has 0 bridgehead atoms. The molecular formula is C18H14F3N3O. The van der Waals surface area contributed by atoms with Gasteiger partial charge in [-0.3, -0.25) is 0 Å². The van der Waals surface area contributed by atoms with Crippen molar-refractivity contribution in [2.45, 2.75) is 12.8 Å². The lowest BCUT2D eigenvalue weighted by Gasteiger charge is -2.12. The van der Waals surface area contributed by atoms with E-state index in [0.717, 1.165) is 12.1 Å². The van der Waals surface area contributed by atoms with E-state index in [1.165, 1.54) is 12.1 Å². The summed E-state index contributed by atoms with van der Waals surface area (Å²) in [4.78, 5) is 8.35. The summed E-state index contributed by atoms with van der Waals surface area (Å²) < 4.78 is 43.5. The number of aromatic nitrogens is 2. The van der Waals surface area contributed by atoms with Gasteiger partial charge in [-0.05, 0) is 42.0 Å². The van der Waals surface area contributed by atoms with Crippen LogP contribution in [0.2, 0.25) is 0 Å². The molecule has 0 saturated carbocycles. The van der Waals surface area contributed by atoms with Crippen molar-refractivity contribution in [3.05, 3.63) is 72.1 Å². The average Bonchev–Trinajstić information content (AvgIpc) is 2.61. The number of anilines is 1. The fourth-order valence-corrected chi connectivity index (χ4v) is 2.24. The monoisotopic (exact) mass is 345 g/mol. The molecule has 3 aromatic rings. The van der Waals surface area contributed by atoms with E-state index in [2.05, 4.69) is 9.97 Å². The fraction of sp³-hybridized carbons (Fsp3) is 0.111. The molecule has 0 unspecified atom stereocenters. The Labute approximate surface area is 142 Å². The Hall–Kier alpha value is -3.09. The summed E-state index contributed by atoms with van der Waals surface area (Å²) in [5, 5.41) is 0. The minimum absolute atomic E-state index is 0.113. The lowest BCUT2D eigenvalue weighted by atomic mass is 10.1. The van der Waals surface area contributed by atoms with Crippen LogP contribution in [-0.2, 0) is 12.8 Å². The quantitative estimate of drug-likeness (QED) is 0.715. The molecule has 1 heterocycles. The van der Waals surface area contributed by atoms with E-state index in [4.69, 9.17) is 10.5 Å². The van der Waals surface area contributed by atoms with Gasteiger partial charge >= 0.3 is 6.18 Å². The van der Waals surface area contributed by atoms with Crippen molar-refractivity contribution >= 4 is 5.69 Å². The van der Waals surface area contributed by atoms with Gasteiger partial charge < -0.3 is 10.5 Å². The zero-order chi connectivity index (χ0) is 17.9. The molecule has 1 aromatic heterocycles. The lowest BCUT2D eigenvalue weighted by Crippen LogP contribution is -2.05. The van der Waals surface area contributed by atoms with Gasteiger partial charge in [-0.15, -0.1) is 0 Å². The van der Waals surface area contributed by atoms with Gasteiger partial charge in [0.2, 0.25) is 0 Å². The molecule has 2 N–H and O–H groups in total. The predicted octanol–water partition coefficient (Wildman–Crippen LogP) is 4.32. The summed E-state index contributed by atoms with van der Waals surface area (Å²) in [6.45, 7) is 0.113. The molecule has 0 atom stereocenters. The van der Waals surface area contributed by atoms with E-state index in [1.807, 2.05) is 0 Å². The summed E-state index contributed by atoms with van der Waals surface area (Å²) in [5.74, 6) is 0.956. The maximum Gasteiger partial charge on any atom is 0.416 e. The molecule has 0 saturated heterocycles. The van der Waals surface area contributed by atoms with Gasteiger partial charge in [0.05, 0.1) is 11.1 Å². The molecule has 128 valence electrons. The topological polar surface area (TPSA) is 61.0 Å². The second-order valence-electron chi connectivity index (χ2n) is 5.31. The van der Waals surface area contributed by atoms with Crippen molar-refractivity contribution in [1.29, 1.82) is 0 Å². The molecule has 0 aliphatic heterocycles. The van der Waals surface area contributed by atoms with Crippen LogP contribution < -0.4 is 10.5 Å². The fourth-order valence-electron chi connectivity index (χ4n) is 2.24. The number of benzene rings is 2. The van der Waals surface area contributed by atoms with E-state index < -0.39 is 11.7 Å². The predicted molar refractivity (Wildman–Crippen MR) is 87.7 cm³/mol. The van der Waals surface area contributed by atoms with Crippen LogP contribution in [0.25, 0.3) is 11.4 Å². The molecule has 0 amide bonds. The van der Waals surface area contributed by atoms with Gasteiger partial charge in [0.1, 0.15) is 12.4 Å². The summed E-state index contributed by atoms with van der Waals surface area (Å²) in [7, 11) is 0. The SMILES string of the molecule is Nc1ccc(OCc2ccc(C(F)(F)F)cc2)c(-c2ncccn2)c1. The lowest BCUT2D eigenvalue weighted by molar-refractivity contribution is -0.137. The van der Waals surface area contributed by atoms with Crippen molar-refractivity contribution in [3.63, 3.8) is 0 Å². The van der Waals surface area contributed by atoms with Crippen LogP contribution in [0.15, 0.2) is 60.9 Å². The first-order chi connectivity index (χ1) is 11.9. The summed E-state index contributed by atoms with van der Waals surface area (Å²) in [6.07, 6.45) is -1.15. The first-order valence-corrected chi connectivity index (χ1v) is 7.39. The number of halogens is 3. The molecular weight excluding hydrogens is 331 g/mol. The molecule has 0 spiro atoms. The van der Waals surface area contributed by atoms with Crippen LogP contribution in [0, 0.1) is 0 Å². The van der Waals surface area contributed by atoms with Gasteiger partial charge in [-0.25, -0.2) is 9.97 Å². The minimum Gasteiger partial charge on any atom is -0.488 e. The molecule has 0 fully saturated rings. The highest BCUT2D eigenvalue weighted by Gasteiger charge is 2.29. The Morgan fingerprint density at radius 2 is 1.64 bits per heavy atom. The first kappa shape index (κ1) is 16.8. The van der Waals surface area contributed by atoms with Crippen LogP contribution in [0.5, 0.6) is 5.75 Å². The molecule has 2 aromatic carbocycles. The smallest absolute Gasteiger partial charge is 0.416 e. The van der Waals surface area contributed by atoms with Gasteiger partial charge in [-0.2, -0.15) is 13.2 Å². The maximum atomic E-state index is 12.6. The highest BCUT2D eigenvalue weighted by Crippen LogP contribution is 2.31. The number of alkyl halides is 3. The number of ether oxygens (including phenoxy) is 1. The van der Waals surface area contributed by atoms with E-state index in [1.54, 1.807) is 36.7 Å². The third-order valence-electron chi connectivity index (χ3n) is 3.49. The second kappa shape index (κ2) is 6.80. The Bertz CT molecular complexity index is 850. The van der Waals surface area contributed by atoms with Crippen molar-refractivity contribution < 1.29 is 17.9 Å². The van der Waals surface area contributed by atoms with Gasteiger partial charge in [-0.1, -0.05) is 12.1 Å². The molecule has 0 aliphatic rings. The van der Waals surface area contributed by atoms with Crippen LogP contribution in [0.1, 0.15) is 11.1 Å². The van der Waals surface area contributed by atoms with Crippen molar-refractivity contribution in [1.82, 2.24) is 9.97 Å². The van der Waals surface area contributed by atoms with Crippen molar-refractivity contribution in [2.75, 3.05) is 5.73 Å². The molecule has 3 rings (SSSR count). The van der Waals surface area contributed by atoms with Crippen LogP contribution in [0.3, 0.4) is 0 Å². The number of hydrogen-bond donors (Lipinski definition) is 1. The Morgan fingerprint density at radius 1 is 0.960 bits per heavy atom. The van der Waals surface area contributed by atoms with Crippen LogP contribution in [0.4, 0.5) is 18.9 Å². The Kier molecular flexibility index (Phi) is 4.56. The van der Waals surface area contributed by atoms with E-state index in [9.17, 15) is 13.2 Å². The number of nitrogen functional groups attached to an aromatic ring is 1.